The van der Waals surface area contributed by atoms with E-state index < -0.39 is 0 Å². The second-order valence-electron chi connectivity index (χ2n) is 4.20. The van der Waals surface area contributed by atoms with Crippen LogP contribution in [0.25, 0.3) is 0 Å². The van der Waals surface area contributed by atoms with Gasteiger partial charge in [0.25, 0.3) is 0 Å². The Hall–Kier alpha value is -1.09. The molecule has 0 spiro atoms. The predicted molar refractivity (Wildman–Crippen MR) is 57.6 cm³/mol. The quantitative estimate of drug-likeness (QED) is 0.744. The van der Waals surface area contributed by atoms with Crippen molar-refractivity contribution in [3.8, 4) is 5.75 Å². The van der Waals surface area contributed by atoms with Crippen LogP contribution in [0.2, 0.25) is 0 Å². The fraction of sp³-hybridized carbons (Fsp3) is 0.500. The summed E-state index contributed by atoms with van der Waals surface area (Å²) in [6, 6.07) is 2.99. The van der Waals surface area contributed by atoms with Crippen LogP contribution >= 0.6 is 0 Å². The lowest BCUT2D eigenvalue weighted by Gasteiger charge is -2.24. The van der Waals surface area contributed by atoms with Gasteiger partial charge in [0.2, 0.25) is 0 Å². The lowest BCUT2D eigenvalue weighted by atomic mass is 9.90. The number of aryl methyl sites for hydroxylation is 1. The molecule has 0 bridgehead atoms. The van der Waals surface area contributed by atoms with Crippen LogP contribution in [0.3, 0.4) is 0 Å². The second-order valence-corrected chi connectivity index (χ2v) is 4.20. The molecule has 0 amide bonds. The van der Waals surface area contributed by atoms with Crippen molar-refractivity contribution in [2.75, 3.05) is 13.1 Å². The van der Waals surface area contributed by atoms with Crippen molar-refractivity contribution in [1.82, 2.24) is 5.32 Å². The minimum Gasteiger partial charge on any atom is -0.508 e. The molecule has 1 heterocycles. The van der Waals surface area contributed by atoms with Crippen LogP contribution in [0.15, 0.2) is 12.1 Å². The fourth-order valence-electron chi connectivity index (χ4n) is 2.12. The second kappa shape index (κ2) is 4.19. The van der Waals surface area contributed by atoms with E-state index in [1.165, 1.54) is 6.07 Å². The first kappa shape index (κ1) is 10.4. The minimum absolute atomic E-state index is 0.0417. The van der Waals surface area contributed by atoms with E-state index in [1.54, 1.807) is 13.0 Å². The highest BCUT2D eigenvalue weighted by Crippen LogP contribution is 2.29. The van der Waals surface area contributed by atoms with Gasteiger partial charge >= 0.3 is 0 Å². The van der Waals surface area contributed by atoms with Crippen molar-refractivity contribution in [1.29, 1.82) is 0 Å². The van der Waals surface area contributed by atoms with Crippen molar-refractivity contribution < 1.29 is 9.50 Å². The van der Waals surface area contributed by atoms with Gasteiger partial charge in [-0.1, -0.05) is 0 Å². The first-order chi connectivity index (χ1) is 7.18. The van der Waals surface area contributed by atoms with Crippen molar-refractivity contribution in [3.05, 3.63) is 29.1 Å². The highest BCUT2D eigenvalue weighted by molar-refractivity contribution is 5.38. The van der Waals surface area contributed by atoms with E-state index in [4.69, 9.17) is 0 Å². The first-order valence-corrected chi connectivity index (χ1v) is 5.38. The summed E-state index contributed by atoms with van der Waals surface area (Å²) in [5.74, 6) is 0.00451. The maximum absolute atomic E-state index is 13.6. The average Bonchev–Trinajstić information content (AvgIpc) is 2.25. The summed E-state index contributed by atoms with van der Waals surface area (Å²) in [5.41, 5.74) is 1.48. The third kappa shape index (κ3) is 2.12. The number of aromatic hydroxyl groups is 1. The maximum Gasteiger partial charge on any atom is 0.130 e. The number of phenols is 1. The first-order valence-electron chi connectivity index (χ1n) is 5.38. The van der Waals surface area contributed by atoms with E-state index in [-0.39, 0.29) is 17.5 Å². The van der Waals surface area contributed by atoms with Gasteiger partial charge in [-0.15, -0.1) is 0 Å². The van der Waals surface area contributed by atoms with Crippen molar-refractivity contribution >= 4 is 0 Å². The number of halogens is 1. The lowest BCUT2D eigenvalue weighted by Crippen LogP contribution is -2.28. The molecular weight excluding hydrogens is 193 g/mol. The molecule has 82 valence electrons. The van der Waals surface area contributed by atoms with Crippen molar-refractivity contribution in [3.63, 3.8) is 0 Å². The summed E-state index contributed by atoms with van der Waals surface area (Å²) >= 11 is 0. The van der Waals surface area contributed by atoms with Crippen molar-refractivity contribution in [2.24, 2.45) is 0 Å². The number of benzene rings is 1. The van der Waals surface area contributed by atoms with Gasteiger partial charge in [0, 0.05) is 12.6 Å². The molecule has 2 N–H and O–H groups in total. The highest BCUT2D eigenvalue weighted by atomic mass is 19.1. The topological polar surface area (TPSA) is 32.3 Å². The largest absolute Gasteiger partial charge is 0.508 e. The Balaban J connectivity index is 2.30. The van der Waals surface area contributed by atoms with E-state index in [1.807, 2.05) is 0 Å². The van der Waals surface area contributed by atoms with Gasteiger partial charge < -0.3 is 10.4 Å². The molecule has 1 aromatic rings. The molecule has 1 unspecified atom stereocenters. The Morgan fingerprint density at radius 2 is 2.27 bits per heavy atom. The molecule has 1 fully saturated rings. The van der Waals surface area contributed by atoms with Gasteiger partial charge in [-0.3, -0.25) is 0 Å². The molecule has 2 nitrogen and oxygen atoms in total. The minimum atomic E-state index is -0.285. The van der Waals surface area contributed by atoms with Crippen LogP contribution in [0.4, 0.5) is 4.39 Å². The maximum atomic E-state index is 13.6. The normalized spacial score (nSPS) is 21.6. The van der Waals surface area contributed by atoms with Gasteiger partial charge in [0.05, 0.1) is 0 Å². The molecule has 0 aliphatic carbocycles. The molecule has 0 saturated carbocycles. The molecule has 1 aromatic carbocycles. The van der Waals surface area contributed by atoms with E-state index in [0.29, 0.717) is 0 Å². The lowest BCUT2D eigenvalue weighted by molar-refractivity contribution is 0.437. The van der Waals surface area contributed by atoms with Crippen LogP contribution in [-0.2, 0) is 0 Å². The smallest absolute Gasteiger partial charge is 0.130 e. The van der Waals surface area contributed by atoms with Gasteiger partial charge in [-0.05, 0) is 49.4 Å². The zero-order valence-electron chi connectivity index (χ0n) is 8.89. The molecule has 0 aromatic heterocycles. The molecule has 3 heteroatoms. The van der Waals surface area contributed by atoms with E-state index >= 15 is 0 Å². The monoisotopic (exact) mass is 209 g/mol. The summed E-state index contributed by atoms with van der Waals surface area (Å²) in [6.45, 7) is 3.66. The van der Waals surface area contributed by atoms with E-state index in [9.17, 15) is 9.50 Å². The molecule has 15 heavy (non-hydrogen) atoms. The Labute approximate surface area is 89.1 Å². The Morgan fingerprint density at radius 1 is 1.47 bits per heavy atom. The van der Waals surface area contributed by atoms with E-state index in [2.05, 4.69) is 5.32 Å². The van der Waals surface area contributed by atoms with Crippen LogP contribution in [-0.4, -0.2) is 18.2 Å². The van der Waals surface area contributed by atoms with Crippen LogP contribution in [0.1, 0.15) is 29.9 Å². The molecule has 1 aliphatic heterocycles. The summed E-state index contributed by atoms with van der Waals surface area (Å²) in [5, 5.41) is 12.6. The SMILES string of the molecule is Cc1cc(C2CCCNC2)c(F)cc1O. The third-order valence-corrected chi connectivity index (χ3v) is 3.05. The van der Waals surface area contributed by atoms with Gasteiger partial charge in [0.1, 0.15) is 11.6 Å². The highest BCUT2D eigenvalue weighted by Gasteiger charge is 2.19. The van der Waals surface area contributed by atoms with Crippen LogP contribution in [0, 0.1) is 12.7 Å². The third-order valence-electron chi connectivity index (χ3n) is 3.05. The standard InChI is InChI=1S/C12H16FNO/c1-8-5-10(11(13)6-12(8)15)9-3-2-4-14-7-9/h5-6,9,14-15H,2-4,7H2,1H3. The molecule has 1 atom stereocenters. The van der Waals surface area contributed by atoms with Gasteiger partial charge in [-0.2, -0.15) is 0 Å². The molecule has 1 aliphatic rings. The van der Waals surface area contributed by atoms with Crippen molar-refractivity contribution in [2.45, 2.75) is 25.7 Å². The average molecular weight is 209 g/mol. The number of piperidine rings is 1. The van der Waals surface area contributed by atoms with Crippen LogP contribution in [0.5, 0.6) is 5.75 Å². The summed E-state index contributed by atoms with van der Waals surface area (Å²) < 4.78 is 13.6. The molecular formula is C12H16FNO. The number of hydrogen-bond acceptors (Lipinski definition) is 2. The zero-order chi connectivity index (χ0) is 10.8. The number of phenolic OH excluding ortho intramolecular Hbond substituents is 1. The number of nitrogens with one attached hydrogen (secondary N) is 1. The van der Waals surface area contributed by atoms with Gasteiger partial charge in [-0.25, -0.2) is 4.39 Å². The van der Waals surface area contributed by atoms with Gasteiger partial charge in [0.15, 0.2) is 0 Å². The van der Waals surface area contributed by atoms with E-state index in [0.717, 1.165) is 37.1 Å². The molecule has 1 saturated heterocycles. The fourth-order valence-corrected chi connectivity index (χ4v) is 2.12. The Morgan fingerprint density at radius 3 is 2.93 bits per heavy atom. The predicted octanol–water partition coefficient (Wildman–Crippen LogP) is 2.31. The zero-order valence-corrected chi connectivity index (χ0v) is 8.89. The molecule has 2 rings (SSSR count). The summed E-state index contributed by atoms with van der Waals surface area (Å²) in [4.78, 5) is 0. The Kier molecular flexibility index (Phi) is 2.91. The Bertz CT molecular complexity index is 359. The summed E-state index contributed by atoms with van der Waals surface area (Å²) in [6.07, 6.45) is 2.11. The van der Waals surface area contributed by atoms with Crippen LogP contribution < -0.4 is 5.32 Å². The molecule has 0 radical (unpaired) electrons. The summed E-state index contributed by atoms with van der Waals surface area (Å²) in [7, 11) is 0. The number of rotatable bonds is 1. The number of hydrogen-bond donors (Lipinski definition) is 2.